The Labute approximate surface area is 324 Å². The summed E-state index contributed by atoms with van der Waals surface area (Å²) in [6.07, 6.45) is -8.54. The number of phenols is 7. The predicted molar refractivity (Wildman–Crippen MR) is 199 cm³/mol. The Balaban J connectivity index is 1.30. The van der Waals surface area contributed by atoms with Crippen LogP contribution in [0.2, 0.25) is 0 Å². The molecule has 18 heteroatoms. The first-order valence-electron chi connectivity index (χ1n) is 17.5. The second-order valence-electron chi connectivity index (χ2n) is 13.8. The van der Waals surface area contributed by atoms with E-state index in [4.69, 9.17) is 23.0 Å². The Kier molecular flexibility index (Phi) is 9.47. The molecule has 4 heterocycles. The second kappa shape index (κ2) is 14.4. The van der Waals surface area contributed by atoms with Crippen molar-refractivity contribution in [2.45, 2.75) is 49.3 Å². The molecule has 302 valence electrons. The lowest BCUT2D eigenvalue weighted by Crippen LogP contribution is -2.60. The summed E-state index contributed by atoms with van der Waals surface area (Å²) < 4.78 is 30.0. The molecule has 7 atom stereocenters. The van der Waals surface area contributed by atoms with Crippen LogP contribution in [-0.2, 0) is 11.2 Å². The third-order valence-electron chi connectivity index (χ3n) is 10.0. The number of aromatic hydroxyl groups is 7. The lowest BCUT2D eigenvalue weighted by atomic mass is 9.92. The van der Waals surface area contributed by atoms with Gasteiger partial charge < -0.3 is 84.3 Å². The van der Waals surface area contributed by atoms with Crippen molar-refractivity contribution in [3.8, 4) is 63.1 Å². The standard InChI is InChI=1S/C40H34O18/c41-13-30-33(51)34(52)35(53)40(56-30)58-39-20-10-17(54-28-8-16(42)9-29(31(20)28)55-37(39)15-6-25(47)32(50)26(48)7-15)2-3-18-22(44)12-23(45)19-11-27(49)36(57-38(18)19)14-1-4-21(43)24(46)5-14/h1-10,12,27,30,33-36,40-41,43-53H,11,13H2/b3-2+/t27?,30-,33-,34+,35-,36?,40+/m1/s1. The molecule has 8 rings (SSSR count). The zero-order chi connectivity index (χ0) is 41.3. The Morgan fingerprint density at radius 3 is 2.12 bits per heavy atom. The van der Waals surface area contributed by atoms with Gasteiger partial charge in [0.1, 0.15) is 64.7 Å². The Morgan fingerprint density at radius 1 is 0.724 bits per heavy atom. The highest BCUT2D eigenvalue weighted by molar-refractivity contribution is 6.10. The van der Waals surface area contributed by atoms with Gasteiger partial charge in [-0.3, -0.25) is 4.79 Å². The zero-order valence-electron chi connectivity index (χ0n) is 29.6. The van der Waals surface area contributed by atoms with E-state index in [0.717, 1.165) is 30.3 Å². The molecular weight excluding hydrogens is 768 g/mol. The minimum atomic E-state index is -1.92. The molecule has 2 aliphatic heterocycles. The number of fused-ring (bicyclic) bond motifs is 1. The number of hydrogen-bond acceptors (Lipinski definition) is 18. The van der Waals surface area contributed by atoms with Crippen LogP contribution in [0.15, 0.2) is 68.2 Å². The van der Waals surface area contributed by atoms with Gasteiger partial charge in [-0.25, -0.2) is 0 Å². The van der Waals surface area contributed by atoms with Crippen LogP contribution in [0.3, 0.4) is 0 Å². The molecule has 58 heavy (non-hydrogen) atoms. The van der Waals surface area contributed by atoms with Gasteiger partial charge in [0, 0.05) is 41.1 Å². The Bertz CT molecular complexity index is 2650. The monoisotopic (exact) mass is 802 g/mol. The van der Waals surface area contributed by atoms with Crippen molar-refractivity contribution in [2.75, 3.05) is 6.61 Å². The maximum Gasteiger partial charge on any atom is 0.229 e. The fourth-order valence-corrected chi connectivity index (χ4v) is 7.10. The van der Waals surface area contributed by atoms with Crippen molar-refractivity contribution >= 4 is 34.1 Å². The van der Waals surface area contributed by atoms with Gasteiger partial charge in [0.05, 0.1) is 23.7 Å². The van der Waals surface area contributed by atoms with E-state index in [2.05, 4.69) is 0 Å². The van der Waals surface area contributed by atoms with Crippen LogP contribution < -0.4 is 14.9 Å². The fourth-order valence-electron chi connectivity index (χ4n) is 7.10. The summed E-state index contributed by atoms with van der Waals surface area (Å²) in [5.74, 6) is -4.85. The summed E-state index contributed by atoms with van der Waals surface area (Å²) in [6, 6.07) is 10.5. The first kappa shape index (κ1) is 38.2. The summed E-state index contributed by atoms with van der Waals surface area (Å²) in [5, 5.41) is 125. The van der Waals surface area contributed by atoms with Gasteiger partial charge in [-0.1, -0.05) is 6.07 Å². The lowest BCUT2D eigenvalue weighted by Gasteiger charge is -2.39. The number of benzene rings is 4. The van der Waals surface area contributed by atoms with E-state index in [-0.39, 0.29) is 79.4 Å². The average Bonchev–Trinajstić information content (AvgIpc) is 3.18. The molecule has 18 nitrogen and oxygen atoms in total. The average molecular weight is 803 g/mol. The van der Waals surface area contributed by atoms with E-state index in [1.165, 1.54) is 36.4 Å². The summed E-state index contributed by atoms with van der Waals surface area (Å²) in [5.41, 5.74) is -0.478. The van der Waals surface area contributed by atoms with Crippen molar-refractivity contribution in [1.82, 2.24) is 0 Å². The predicted octanol–water partition coefficient (Wildman–Crippen LogP) is 2.53. The lowest BCUT2D eigenvalue weighted by molar-refractivity contribution is -0.277. The molecule has 2 unspecified atom stereocenters. The van der Waals surface area contributed by atoms with Crippen molar-refractivity contribution in [2.24, 2.45) is 0 Å². The molecule has 6 aromatic rings. The highest BCUT2D eigenvalue weighted by atomic mass is 16.7. The van der Waals surface area contributed by atoms with Crippen molar-refractivity contribution in [3.05, 3.63) is 87.3 Å². The van der Waals surface area contributed by atoms with Gasteiger partial charge in [0.15, 0.2) is 45.7 Å². The van der Waals surface area contributed by atoms with E-state index in [9.17, 15) is 66.1 Å². The molecule has 0 aliphatic carbocycles. The maximum absolute atomic E-state index is 12.9. The third-order valence-corrected chi connectivity index (χ3v) is 10.0. The van der Waals surface area contributed by atoms with Gasteiger partial charge in [0.2, 0.25) is 6.29 Å². The summed E-state index contributed by atoms with van der Waals surface area (Å²) in [4.78, 5) is 12.9. The molecule has 12 N–H and O–H groups in total. The number of phenolic OH excluding ortho intramolecular Hbond substituents is 7. The van der Waals surface area contributed by atoms with Crippen molar-refractivity contribution < 1.29 is 84.3 Å². The van der Waals surface area contributed by atoms with E-state index < -0.39 is 89.4 Å². The van der Waals surface area contributed by atoms with E-state index in [1.54, 1.807) is 0 Å². The number of ether oxygens (including phenoxy) is 3. The SMILES string of the molecule is O=c1cc2oc(/C=C/c3c(O)cc(O)c4c3OC(c3ccc(O)c(O)c3)C(O)C4)cc3c(O[C@@H]4O[C@H](CO)[C@@H](O)[C@H](O)[C@H]4O)c(-c4cc(O)c(O)c(O)c4)oc(c1)c23. The van der Waals surface area contributed by atoms with Gasteiger partial charge in [-0.15, -0.1) is 0 Å². The summed E-state index contributed by atoms with van der Waals surface area (Å²) in [6.45, 7) is -0.792. The van der Waals surface area contributed by atoms with Gasteiger partial charge in [-0.05, 0) is 48.0 Å². The number of aliphatic hydroxyl groups is 5. The van der Waals surface area contributed by atoms with Crippen LogP contribution in [-0.4, -0.2) is 105 Å². The topological polar surface area (TPSA) is 314 Å². The first-order valence-corrected chi connectivity index (χ1v) is 17.5. The molecule has 1 saturated heterocycles. The molecule has 0 saturated carbocycles. The molecule has 0 bridgehead atoms. The number of hydrogen-bond donors (Lipinski definition) is 12. The largest absolute Gasteiger partial charge is 0.507 e. The van der Waals surface area contributed by atoms with E-state index in [1.807, 2.05) is 0 Å². The molecule has 1 fully saturated rings. The third kappa shape index (κ3) is 6.48. The van der Waals surface area contributed by atoms with Crippen molar-refractivity contribution in [3.63, 3.8) is 0 Å². The highest BCUT2D eigenvalue weighted by Crippen LogP contribution is 2.49. The first-order chi connectivity index (χ1) is 27.6. The fraction of sp³-hybridized carbons (Fsp3) is 0.225. The zero-order valence-corrected chi connectivity index (χ0v) is 29.6. The van der Waals surface area contributed by atoms with Crippen LogP contribution >= 0.6 is 0 Å². The minimum Gasteiger partial charge on any atom is -0.507 e. The second-order valence-corrected chi connectivity index (χ2v) is 13.8. The summed E-state index contributed by atoms with van der Waals surface area (Å²) in [7, 11) is 0. The Hall–Kier alpha value is -6.67. The van der Waals surface area contributed by atoms with Crippen LogP contribution in [0.5, 0.6) is 51.7 Å². The smallest absolute Gasteiger partial charge is 0.229 e. The molecule has 2 aromatic heterocycles. The molecule has 0 radical (unpaired) electrons. The van der Waals surface area contributed by atoms with Gasteiger partial charge in [0.25, 0.3) is 0 Å². The van der Waals surface area contributed by atoms with Crippen LogP contribution in [0.4, 0.5) is 0 Å². The maximum atomic E-state index is 12.9. The van der Waals surface area contributed by atoms with Crippen molar-refractivity contribution in [1.29, 1.82) is 0 Å². The van der Waals surface area contributed by atoms with Crippen LogP contribution in [0, 0.1) is 0 Å². The van der Waals surface area contributed by atoms with Crippen LogP contribution in [0.1, 0.15) is 28.6 Å². The number of aliphatic hydroxyl groups excluding tert-OH is 5. The minimum absolute atomic E-state index is 0.00214. The van der Waals surface area contributed by atoms with E-state index >= 15 is 0 Å². The van der Waals surface area contributed by atoms with E-state index in [0.29, 0.717) is 0 Å². The Morgan fingerprint density at radius 2 is 1.43 bits per heavy atom. The van der Waals surface area contributed by atoms with Gasteiger partial charge in [-0.2, -0.15) is 0 Å². The normalized spacial score (nSPS) is 23.3. The molecule has 4 aromatic carbocycles. The molecular formula is C40H34O18. The van der Waals surface area contributed by atoms with Gasteiger partial charge >= 0.3 is 0 Å². The molecule has 2 aliphatic rings. The molecule has 0 amide bonds. The quantitative estimate of drug-likeness (QED) is 0.103. The highest BCUT2D eigenvalue weighted by Gasteiger charge is 2.45. The molecule has 0 spiro atoms. The van der Waals surface area contributed by atoms with Crippen LogP contribution in [0.25, 0.3) is 45.4 Å². The summed E-state index contributed by atoms with van der Waals surface area (Å²) >= 11 is 0. The number of rotatable bonds is 7.